The second-order valence-corrected chi connectivity index (χ2v) is 6.21. The zero-order chi connectivity index (χ0) is 12.6. The minimum atomic E-state index is -0.791. The first-order chi connectivity index (χ1) is 7.99. The molecule has 1 heterocycles. The number of hydrogen-bond donors (Lipinski definition) is 1. The quantitative estimate of drug-likeness (QED) is 0.844. The summed E-state index contributed by atoms with van der Waals surface area (Å²) in [5.41, 5.74) is 1.56. The molecule has 1 N–H and O–H groups in total. The second-order valence-electron chi connectivity index (χ2n) is 3.67. The molecule has 1 aromatic heterocycles. The van der Waals surface area contributed by atoms with Gasteiger partial charge in [-0.15, -0.1) is 11.3 Å². The Morgan fingerprint density at radius 2 is 2.12 bits per heavy atom. The topological polar surface area (TPSA) is 20.2 Å². The first kappa shape index (κ1) is 13.0. The van der Waals surface area contributed by atoms with Gasteiger partial charge in [-0.3, -0.25) is 0 Å². The molecule has 5 heteroatoms. The van der Waals surface area contributed by atoms with Gasteiger partial charge in [-0.25, -0.2) is 4.39 Å². The summed E-state index contributed by atoms with van der Waals surface area (Å²) in [6, 6.07) is 6.06. The number of aliphatic hydroxyl groups excluding tert-OH is 1. The second kappa shape index (κ2) is 5.06. The molecule has 2 rings (SSSR count). The molecule has 1 unspecified atom stereocenters. The Hall–Kier alpha value is -0.420. The van der Waals surface area contributed by atoms with Gasteiger partial charge in [0, 0.05) is 14.9 Å². The van der Waals surface area contributed by atoms with Crippen LogP contribution in [0.15, 0.2) is 28.7 Å². The maximum Gasteiger partial charge on any atom is 0.124 e. The van der Waals surface area contributed by atoms with E-state index in [1.807, 2.05) is 13.0 Å². The Morgan fingerprint density at radius 1 is 1.41 bits per heavy atom. The van der Waals surface area contributed by atoms with Crippen LogP contribution in [0, 0.1) is 12.7 Å². The molecule has 0 spiro atoms. The average Bonchev–Trinajstić information content (AvgIpc) is 2.58. The molecule has 0 bridgehead atoms. The lowest BCUT2D eigenvalue weighted by Gasteiger charge is -2.10. The van der Waals surface area contributed by atoms with Crippen LogP contribution in [0.4, 0.5) is 4.39 Å². The largest absolute Gasteiger partial charge is 0.383 e. The van der Waals surface area contributed by atoms with E-state index in [1.54, 1.807) is 6.07 Å². The monoisotopic (exact) mass is 334 g/mol. The lowest BCUT2D eigenvalue weighted by Crippen LogP contribution is -1.98. The number of aliphatic hydroxyl groups is 1. The maximum absolute atomic E-state index is 13.0. The third-order valence-corrected chi connectivity index (χ3v) is 4.70. The van der Waals surface area contributed by atoms with Crippen LogP contribution in [0.3, 0.4) is 0 Å². The number of benzene rings is 1. The van der Waals surface area contributed by atoms with E-state index in [0.717, 1.165) is 10.4 Å². The van der Waals surface area contributed by atoms with Gasteiger partial charge in [0.25, 0.3) is 0 Å². The Balaban J connectivity index is 2.39. The molecule has 1 nitrogen and oxygen atoms in total. The Kier molecular flexibility index (Phi) is 3.88. The number of hydrogen-bond acceptors (Lipinski definition) is 2. The van der Waals surface area contributed by atoms with Crippen LogP contribution in [0.1, 0.15) is 22.1 Å². The van der Waals surface area contributed by atoms with Crippen molar-refractivity contribution in [3.63, 3.8) is 0 Å². The van der Waals surface area contributed by atoms with E-state index in [9.17, 15) is 9.50 Å². The molecule has 1 aromatic carbocycles. The molecule has 0 aliphatic carbocycles. The summed E-state index contributed by atoms with van der Waals surface area (Å²) in [7, 11) is 0. The van der Waals surface area contributed by atoms with Gasteiger partial charge in [0.1, 0.15) is 11.9 Å². The summed E-state index contributed by atoms with van der Waals surface area (Å²) in [5.74, 6) is -0.340. The molecule has 0 amide bonds. The normalized spacial score (nSPS) is 12.8. The van der Waals surface area contributed by atoms with Gasteiger partial charge < -0.3 is 5.11 Å². The fraction of sp³-hybridized carbons (Fsp3) is 0.167. The van der Waals surface area contributed by atoms with Crippen LogP contribution in [0.5, 0.6) is 0 Å². The molecule has 0 saturated carbocycles. The predicted octanol–water partition coefficient (Wildman–Crippen LogP) is 4.69. The van der Waals surface area contributed by atoms with Crippen LogP contribution in [0.25, 0.3) is 0 Å². The van der Waals surface area contributed by atoms with Gasteiger partial charge in [-0.1, -0.05) is 33.6 Å². The van der Waals surface area contributed by atoms with E-state index < -0.39 is 6.10 Å². The van der Waals surface area contributed by atoms with Crippen LogP contribution in [-0.4, -0.2) is 5.11 Å². The van der Waals surface area contributed by atoms with Crippen LogP contribution in [0.2, 0.25) is 4.34 Å². The summed E-state index contributed by atoms with van der Waals surface area (Å²) < 4.78 is 14.2. The maximum atomic E-state index is 13.0. The van der Waals surface area contributed by atoms with Gasteiger partial charge in [0.2, 0.25) is 0 Å². The number of rotatable bonds is 2. The molecular weight excluding hydrogens is 327 g/mol. The third kappa shape index (κ3) is 2.71. The van der Waals surface area contributed by atoms with Crippen molar-refractivity contribution in [3.8, 4) is 0 Å². The van der Waals surface area contributed by atoms with E-state index in [0.29, 0.717) is 14.4 Å². The average molecular weight is 336 g/mol. The molecule has 0 radical (unpaired) electrons. The molecule has 2 aromatic rings. The van der Waals surface area contributed by atoms with Crippen molar-refractivity contribution >= 4 is 38.9 Å². The van der Waals surface area contributed by atoms with E-state index >= 15 is 0 Å². The zero-order valence-corrected chi connectivity index (χ0v) is 12.0. The Labute approximate surface area is 116 Å². The highest BCUT2D eigenvalue weighted by Crippen LogP contribution is 2.36. The number of halogens is 3. The lowest BCUT2D eigenvalue weighted by molar-refractivity contribution is 0.223. The summed E-state index contributed by atoms with van der Waals surface area (Å²) in [6.45, 7) is 1.88. The van der Waals surface area contributed by atoms with Crippen molar-refractivity contribution in [3.05, 3.63) is 54.9 Å². The van der Waals surface area contributed by atoms with Crippen LogP contribution >= 0.6 is 38.9 Å². The van der Waals surface area contributed by atoms with Crippen LogP contribution < -0.4 is 0 Å². The molecule has 17 heavy (non-hydrogen) atoms. The molecule has 0 saturated heterocycles. The van der Waals surface area contributed by atoms with Gasteiger partial charge >= 0.3 is 0 Å². The number of aryl methyl sites for hydroxylation is 1. The van der Waals surface area contributed by atoms with Gasteiger partial charge in [-0.2, -0.15) is 0 Å². The molecule has 1 atom stereocenters. The highest BCUT2D eigenvalue weighted by Gasteiger charge is 2.17. The molecule has 0 fully saturated rings. The van der Waals surface area contributed by atoms with E-state index in [-0.39, 0.29) is 5.82 Å². The van der Waals surface area contributed by atoms with Gasteiger partial charge in [0.05, 0.1) is 4.34 Å². The summed E-state index contributed by atoms with van der Waals surface area (Å²) in [5, 5.41) is 10.2. The Bertz CT molecular complexity index is 536. The van der Waals surface area contributed by atoms with Crippen molar-refractivity contribution < 1.29 is 9.50 Å². The van der Waals surface area contributed by atoms with E-state index in [1.165, 1.54) is 23.5 Å². The minimum Gasteiger partial charge on any atom is -0.383 e. The van der Waals surface area contributed by atoms with Gasteiger partial charge in [-0.05, 0) is 30.7 Å². The predicted molar refractivity (Wildman–Crippen MR) is 72.2 cm³/mol. The molecule has 0 aliphatic rings. The zero-order valence-electron chi connectivity index (χ0n) is 8.88. The summed E-state index contributed by atoms with van der Waals surface area (Å²) in [4.78, 5) is 0.750. The minimum absolute atomic E-state index is 0.340. The van der Waals surface area contributed by atoms with Crippen molar-refractivity contribution in [1.29, 1.82) is 0 Å². The van der Waals surface area contributed by atoms with Crippen LogP contribution in [-0.2, 0) is 0 Å². The highest BCUT2D eigenvalue weighted by atomic mass is 79.9. The van der Waals surface area contributed by atoms with Crippen molar-refractivity contribution in [2.75, 3.05) is 0 Å². The third-order valence-electron chi connectivity index (χ3n) is 2.40. The molecular formula is C12H9BrClFOS. The fourth-order valence-electron chi connectivity index (χ4n) is 1.49. The van der Waals surface area contributed by atoms with E-state index in [2.05, 4.69) is 15.9 Å². The number of thiophene rings is 1. The first-order valence-electron chi connectivity index (χ1n) is 4.88. The standard InChI is InChI=1S/C12H9BrClFOS/c1-6-4-10(17-12(6)14)11(16)8-3-2-7(15)5-9(8)13/h2-5,11,16H,1H3. The SMILES string of the molecule is Cc1cc(C(O)c2ccc(F)cc2Br)sc1Cl. The molecule has 90 valence electrons. The summed E-state index contributed by atoms with van der Waals surface area (Å²) >= 11 is 10.5. The highest BCUT2D eigenvalue weighted by molar-refractivity contribution is 9.10. The van der Waals surface area contributed by atoms with Gasteiger partial charge in [0.15, 0.2) is 0 Å². The van der Waals surface area contributed by atoms with E-state index in [4.69, 9.17) is 11.6 Å². The first-order valence-corrected chi connectivity index (χ1v) is 6.86. The van der Waals surface area contributed by atoms with Crippen molar-refractivity contribution in [2.24, 2.45) is 0 Å². The smallest absolute Gasteiger partial charge is 0.124 e. The lowest BCUT2D eigenvalue weighted by atomic mass is 10.1. The fourth-order valence-corrected chi connectivity index (χ4v) is 3.29. The molecule has 0 aliphatic heterocycles. The summed E-state index contributed by atoms with van der Waals surface area (Å²) in [6.07, 6.45) is -0.791. The van der Waals surface area contributed by atoms with Crippen molar-refractivity contribution in [2.45, 2.75) is 13.0 Å². The van der Waals surface area contributed by atoms with Crippen molar-refractivity contribution in [1.82, 2.24) is 0 Å². The Morgan fingerprint density at radius 3 is 2.65 bits per heavy atom.